The highest BCUT2D eigenvalue weighted by Gasteiger charge is 2.49. The lowest BCUT2D eigenvalue weighted by Gasteiger charge is -2.50. The lowest BCUT2D eigenvalue weighted by Crippen LogP contribution is -2.69. The monoisotopic (exact) mass is 464 g/mol. The van der Waals surface area contributed by atoms with E-state index in [4.69, 9.17) is 44.9 Å². The molecule has 0 amide bonds. The van der Waals surface area contributed by atoms with Crippen molar-refractivity contribution in [1.29, 1.82) is 0 Å². The van der Waals surface area contributed by atoms with Gasteiger partial charge in [-0.25, -0.2) is 0 Å². The van der Waals surface area contributed by atoms with Gasteiger partial charge in [0.15, 0.2) is 16.6 Å². The zero-order valence-corrected chi connectivity index (χ0v) is 19.2. The van der Waals surface area contributed by atoms with Gasteiger partial charge in [0.1, 0.15) is 5.75 Å². The van der Waals surface area contributed by atoms with Gasteiger partial charge in [0, 0.05) is 47.9 Å². The van der Waals surface area contributed by atoms with Crippen molar-refractivity contribution in [2.24, 2.45) is 0 Å². The first-order valence-electron chi connectivity index (χ1n) is 9.63. The normalized spacial score (nSPS) is 24.3. The van der Waals surface area contributed by atoms with Gasteiger partial charge in [-0.1, -0.05) is 41.4 Å². The van der Waals surface area contributed by atoms with Crippen LogP contribution in [0.4, 0.5) is 0 Å². The van der Waals surface area contributed by atoms with Crippen molar-refractivity contribution < 1.29 is 14.3 Å². The molecule has 0 unspecified atom stereocenters. The van der Waals surface area contributed by atoms with Crippen molar-refractivity contribution in [3.8, 4) is 11.5 Å². The Kier molecular flexibility index (Phi) is 5.37. The highest BCUT2D eigenvalue weighted by Crippen LogP contribution is 2.50. The summed E-state index contributed by atoms with van der Waals surface area (Å²) >= 11 is 18.5. The Hall–Kier alpha value is -2.02. The van der Waals surface area contributed by atoms with E-state index in [9.17, 15) is 4.79 Å². The smallest absolute Gasteiger partial charge is 0.308 e. The third kappa shape index (κ3) is 4.09. The zero-order valence-electron chi connectivity index (χ0n) is 16.8. The molecule has 4 rings (SSSR count). The number of hydrogen-bond acceptors (Lipinski definition) is 4. The maximum Gasteiger partial charge on any atom is 0.308 e. The largest absolute Gasteiger partial charge is 0.468 e. The van der Waals surface area contributed by atoms with E-state index in [2.05, 4.69) is 24.5 Å². The number of carbonyl (C=O) groups is 1. The number of benzene rings is 2. The summed E-state index contributed by atoms with van der Waals surface area (Å²) in [5.41, 5.74) is 0.849. The van der Waals surface area contributed by atoms with Crippen LogP contribution in [-0.2, 0) is 4.79 Å². The fourth-order valence-electron chi connectivity index (χ4n) is 4.40. The van der Waals surface area contributed by atoms with Crippen LogP contribution in [-0.4, -0.2) is 22.3 Å². The minimum absolute atomic E-state index is 0.0875. The molecule has 2 aliphatic heterocycles. The molecule has 0 saturated carbocycles. The number of hydrogen-bond donors (Lipinski definition) is 2. The number of fused-ring (bicyclic) bond motifs is 1. The molecule has 2 aliphatic rings. The van der Waals surface area contributed by atoms with Crippen LogP contribution in [0.5, 0.6) is 11.5 Å². The molecule has 0 aliphatic carbocycles. The molecule has 2 N–H and O–H groups in total. The summed E-state index contributed by atoms with van der Waals surface area (Å²) in [5.74, 6) is 0.302. The second kappa shape index (κ2) is 7.59. The molecule has 30 heavy (non-hydrogen) atoms. The van der Waals surface area contributed by atoms with Crippen LogP contribution in [0.25, 0.3) is 0 Å². The standard InChI is InChI=1S/C22H22Cl2N2O3S/c1-12(27)28-19-9-18-14(8-17(19)24)15(13-6-4-5-7-16(13)23)10-22(29-18)11-21(2,3)25-20(30)26-22/h4-9,15H,10-11H2,1-3H3,(H2,25,26,30)/t15-,22+/m1/s1. The summed E-state index contributed by atoms with van der Waals surface area (Å²) in [5, 5.41) is 8.16. The summed E-state index contributed by atoms with van der Waals surface area (Å²) in [7, 11) is 0. The van der Waals surface area contributed by atoms with E-state index < -0.39 is 11.7 Å². The minimum Gasteiger partial charge on any atom is -0.468 e. The molecule has 2 heterocycles. The molecule has 2 aromatic rings. The summed E-state index contributed by atoms with van der Waals surface area (Å²) in [6.45, 7) is 5.49. The van der Waals surface area contributed by atoms with Gasteiger partial charge in [-0.2, -0.15) is 0 Å². The van der Waals surface area contributed by atoms with Crippen molar-refractivity contribution in [2.45, 2.75) is 50.8 Å². The average Bonchev–Trinajstić information content (AvgIpc) is 2.60. The van der Waals surface area contributed by atoms with Gasteiger partial charge >= 0.3 is 5.97 Å². The van der Waals surface area contributed by atoms with Crippen molar-refractivity contribution in [1.82, 2.24) is 10.6 Å². The lowest BCUT2D eigenvalue weighted by atomic mass is 9.77. The first kappa shape index (κ1) is 21.2. The Balaban J connectivity index is 1.87. The van der Waals surface area contributed by atoms with Gasteiger partial charge in [-0.05, 0) is 43.8 Å². The summed E-state index contributed by atoms with van der Waals surface area (Å²) in [6.07, 6.45) is 1.27. The molecule has 2 aromatic carbocycles. The maximum atomic E-state index is 11.5. The van der Waals surface area contributed by atoms with Gasteiger partial charge < -0.3 is 20.1 Å². The molecule has 1 saturated heterocycles. The van der Waals surface area contributed by atoms with Crippen LogP contribution in [0, 0.1) is 0 Å². The zero-order chi connectivity index (χ0) is 21.7. The number of nitrogens with one attached hydrogen (secondary N) is 2. The average molecular weight is 465 g/mol. The van der Waals surface area contributed by atoms with Crippen LogP contribution < -0.4 is 20.1 Å². The van der Waals surface area contributed by atoms with Crippen LogP contribution in [0.3, 0.4) is 0 Å². The van der Waals surface area contributed by atoms with E-state index in [1.54, 1.807) is 12.1 Å². The van der Waals surface area contributed by atoms with Gasteiger partial charge in [0.05, 0.1) is 5.02 Å². The van der Waals surface area contributed by atoms with Crippen molar-refractivity contribution in [2.75, 3.05) is 0 Å². The molecule has 0 bridgehead atoms. The topological polar surface area (TPSA) is 59.6 Å². The van der Waals surface area contributed by atoms with E-state index in [0.717, 1.165) is 11.1 Å². The maximum absolute atomic E-state index is 11.5. The molecule has 1 fully saturated rings. The number of halogens is 2. The van der Waals surface area contributed by atoms with Crippen LogP contribution in [0.2, 0.25) is 10.0 Å². The van der Waals surface area contributed by atoms with E-state index in [-0.39, 0.29) is 17.2 Å². The highest BCUT2D eigenvalue weighted by atomic mass is 35.5. The SMILES string of the molecule is CC(=O)Oc1cc2c(cc1Cl)[C@@H](c1ccccc1Cl)C[C@@]1(CC(C)(C)NC(=S)N1)O2. The Morgan fingerprint density at radius 1 is 1.17 bits per heavy atom. The molecule has 5 nitrogen and oxygen atoms in total. The van der Waals surface area contributed by atoms with Crippen molar-refractivity contribution in [3.63, 3.8) is 0 Å². The van der Waals surface area contributed by atoms with Gasteiger partial charge in [-0.15, -0.1) is 0 Å². The Bertz CT molecular complexity index is 1040. The summed E-state index contributed by atoms with van der Waals surface area (Å²) in [4.78, 5) is 11.5. The molecule has 1 spiro atoms. The van der Waals surface area contributed by atoms with Crippen LogP contribution in [0.1, 0.15) is 50.7 Å². The fraction of sp³-hybridized carbons (Fsp3) is 0.364. The van der Waals surface area contributed by atoms with E-state index in [1.807, 2.05) is 24.3 Å². The second-order valence-corrected chi connectivity index (χ2v) is 9.65. The highest BCUT2D eigenvalue weighted by molar-refractivity contribution is 7.80. The van der Waals surface area contributed by atoms with E-state index in [1.165, 1.54) is 6.92 Å². The van der Waals surface area contributed by atoms with Gasteiger partial charge in [0.25, 0.3) is 0 Å². The van der Waals surface area contributed by atoms with Crippen molar-refractivity contribution in [3.05, 3.63) is 57.6 Å². The fourth-order valence-corrected chi connectivity index (χ4v) is 5.34. The molecule has 158 valence electrons. The molecule has 2 atom stereocenters. The first-order chi connectivity index (χ1) is 14.1. The summed E-state index contributed by atoms with van der Waals surface area (Å²) in [6, 6.07) is 11.2. The van der Waals surface area contributed by atoms with E-state index in [0.29, 0.717) is 33.7 Å². The van der Waals surface area contributed by atoms with Crippen LogP contribution >= 0.6 is 35.4 Å². The van der Waals surface area contributed by atoms with Gasteiger partial charge in [-0.3, -0.25) is 4.79 Å². The molecule has 8 heteroatoms. The molecule has 0 radical (unpaired) electrons. The Labute approximate surface area is 191 Å². The number of thiocarbonyl (C=S) groups is 1. The van der Waals surface area contributed by atoms with Crippen LogP contribution in [0.15, 0.2) is 36.4 Å². The third-order valence-corrected chi connectivity index (χ3v) is 6.18. The van der Waals surface area contributed by atoms with Crippen molar-refractivity contribution >= 4 is 46.5 Å². The molecule has 0 aromatic heterocycles. The molecular weight excluding hydrogens is 443 g/mol. The minimum atomic E-state index is -0.746. The number of ether oxygens (including phenoxy) is 2. The predicted molar refractivity (Wildman–Crippen MR) is 122 cm³/mol. The summed E-state index contributed by atoms with van der Waals surface area (Å²) < 4.78 is 11.8. The number of carbonyl (C=O) groups excluding carboxylic acids is 1. The number of rotatable bonds is 2. The van der Waals surface area contributed by atoms with Gasteiger partial charge in [0.2, 0.25) is 0 Å². The third-order valence-electron chi connectivity index (χ3n) is 5.33. The predicted octanol–water partition coefficient (Wildman–Crippen LogP) is 5.18. The Morgan fingerprint density at radius 2 is 1.90 bits per heavy atom. The lowest BCUT2D eigenvalue weighted by molar-refractivity contribution is -0.131. The second-order valence-electron chi connectivity index (χ2n) is 8.43. The van der Waals surface area contributed by atoms with E-state index >= 15 is 0 Å². The quantitative estimate of drug-likeness (QED) is 0.362. The first-order valence-corrected chi connectivity index (χ1v) is 10.8. The Morgan fingerprint density at radius 3 is 2.57 bits per heavy atom. The molecular formula is C22H22Cl2N2O3S. The number of esters is 1.